The SMILES string of the molecule is CC1=C2C[C@H]3C(CCC4C[C@H](I)CC[C@@]43C)[C@@H]2CCC2(C1)OC1C[C@H](C)CN[C@H]1[C@H]2C. The first kappa shape index (κ1) is 21.9. The fourth-order valence-corrected chi connectivity index (χ4v) is 10.7. The van der Waals surface area contributed by atoms with Crippen LogP contribution in [0.25, 0.3) is 0 Å². The second-order valence-corrected chi connectivity index (χ2v) is 14.8. The van der Waals surface area contributed by atoms with E-state index in [0.717, 1.165) is 33.5 Å². The quantitative estimate of drug-likeness (QED) is 0.206. The first-order chi connectivity index (χ1) is 14.8. The lowest BCUT2D eigenvalue weighted by molar-refractivity contribution is -0.0740. The molecule has 1 spiro atoms. The van der Waals surface area contributed by atoms with Crippen LogP contribution in [0.3, 0.4) is 0 Å². The van der Waals surface area contributed by atoms with Crippen LogP contribution in [-0.2, 0) is 4.74 Å². The highest BCUT2D eigenvalue weighted by Crippen LogP contribution is 2.65. The molecule has 1 N–H and O–H groups in total. The molecule has 5 fully saturated rings. The van der Waals surface area contributed by atoms with Gasteiger partial charge in [0.05, 0.1) is 11.7 Å². The molecule has 11 atom stereocenters. The Bertz CT molecular complexity index is 764. The van der Waals surface area contributed by atoms with Crippen LogP contribution >= 0.6 is 22.6 Å². The second kappa shape index (κ2) is 7.70. The van der Waals surface area contributed by atoms with E-state index in [4.69, 9.17) is 4.74 Å². The largest absolute Gasteiger partial charge is 0.369 e. The Morgan fingerprint density at radius 3 is 2.74 bits per heavy atom. The van der Waals surface area contributed by atoms with E-state index in [1.54, 1.807) is 5.57 Å². The normalized spacial score (nSPS) is 56.6. The van der Waals surface area contributed by atoms with Gasteiger partial charge in [-0.05, 0) is 113 Å². The number of halogens is 1. The summed E-state index contributed by atoms with van der Waals surface area (Å²) in [5.41, 5.74) is 4.35. The van der Waals surface area contributed by atoms with Gasteiger partial charge < -0.3 is 10.1 Å². The fourth-order valence-electron chi connectivity index (χ4n) is 9.77. The zero-order valence-electron chi connectivity index (χ0n) is 20.3. The Hall–Kier alpha value is 0.390. The van der Waals surface area contributed by atoms with Crippen LogP contribution in [0, 0.1) is 40.9 Å². The number of allylic oxidation sites excluding steroid dienone is 1. The molecule has 4 aliphatic carbocycles. The molecule has 0 aromatic heterocycles. The molecular formula is C28H44INO. The number of ether oxygens (including phenoxy) is 1. The van der Waals surface area contributed by atoms with Gasteiger partial charge in [-0.1, -0.05) is 54.5 Å². The minimum absolute atomic E-state index is 0.101. The van der Waals surface area contributed by atoms with Gasteiger partial charge in [-0.2, -0.15) is 0 Å². The number of alkyl halides is 1. The summed E-state index contributed by atoms with van der Waals surface area (Å²) in [4.78, 5) is 0. The van der Waals surface area contributed by atoms with Gasteiger partial charge in [-0.25, -0.2) is 0 Å². The van der Waals surface area contributed by atoms with Crippen molar-refractivity contribution in [3.63, 3.8) is 0 Å². The molecule has 0 amide bonds. The third kappa shape index (κ3) is 3.28. The lowest BCUT2D eigenvalue weighted by atomic mass is 9.52. The van der Waals surface area contributed by atoms with Gasteiger partial charge in [0, 0.05) is 15.9 Å². The third-order valence-electron chi connectivity index (χ3n) is 11.6. The maximum atomic E-state index is 7.05. The molecule has 0 bridgehead atoms. The van der Waals surface area contributed by atoms with E-state index >= 15 is 0 Å². The van der Waals surface area contributed by atoms with Crippen molar-refractivity contribution in [1.29, 1.82) is 0 Å². The number of fused-ring (bicyclic) bond motifs is 6. The molecule has 3 saturated carbocycles. The first-order valence-corrected chi connectivity index (χ1v) is 14.8. The Morgan fingerprint density at radius 1 is 1.06 bits per heavy atom. The van der Waals surface area contributed by atoms with Crippen LogP contribution in [0.2, 0.25) is 0 Å². The van der Waals surface area contributed by atoms with Crippen LogP contribution in [-0.4, -0.2) is 28.2 Å². The summed E-state index contributed by atoms with van der Waals surface area (Å²) in [7, 11) is 0. The summed E-state index contributed by atoms with van der Waals surface area (Å²) in [6, 6.07) is 0.581. The molecular weight excluding hydrogens is 493 g/mol. The van der Waals surface area contributed by atoms with Crippen LogP contribution in [0.1, 0.15) is 91.9 Å². The highest BCUT2D eigenvalue weighted by atomic mass is 127. The van der Waals surface area contributed by atoms with Crippen molar-refractivity contribution in [2.45, 2.75) is 114 Å². The van der Waals surface area contributed by atoms with E-state index in [0.29, 0.717) is 23.5 Å². The average molecular weight is 538 g/mol. The van der Waals surface area contributed by atoms with Gasteiger partial charge in [0.15, 0.2) is 0 Å². The fraction of sp³-hybridized carbons (Fsp3) is 0.929. The van der Waals surface area contributed by atoms with Crippen molar-refractivity contribution >= 4 is 22.6 Å². The van der Waals surface area contributed by atoms with Crippen LogP contribution < -0.4 is 5.32 Å². The van der Waals surface area contributed by atoms with Gasteiger partial charge in [0.2, 0.25) is 0 Å². The number of piperidine rings is 1. The van der Waals surface area contributed by atoms with Gasteiger partial charge in [0.1, 0.15) is 0 Å². The van der Waals surface area contributed by atoms with Crippen molar-refractivity contribution in [1.82, 2.24) is 5.32 Å². The Morgan fingerprint density at radius 2 is 1.90 bits per heavy atom. The van der Waals surface area contributed by atoms with E-state index in [1.807, 2.05) is 5.57 Å². The smallest absolute Gasteiger partial charge is 0.0765 e. The minimum Gasteiger partial charge on any atom is -0.369 e. The maximum Gasteiger partial charge on any atom is 0.0765 e. The second-order valence-electron chi connectivity index (χ2n) is 13.0. The number of nitrogens with one attached hydrogen (secondary N) is 1. The molecule has 0 aromatic rings. The monoisotopic (exact) mass is 537 g/mol. The first-order valence-electron chi connectivity index (χ1n) is 13.5. The zero-order valence-corrected chi connectivity index (χ0v) is 22.4. The average Bonchev–Trinajstić information content (AvgIpc) is 3.19. The molecule has 2 aliphatic heterocycles. The van der Waals surface area contributed by atoms with E-state index < -0.39 is 0 Å². The molecule has 174 valence electrons. The standard InChI is InChI=1S/C28H44INO/c1-16-11-25-26(30-15-16)18(3)28(31-25)10-8-21-22-6-5-19-12-20(29)7-9-27(19,4)24(22)13-23(21)17(2)14-28/h16,18-22,24-26,30H,5-15H2,1-4H3/t16-,18+,19?,20+,21-,22?,24-,25?,26-,27-,28?/m0/s1. The summed E-state index contributed by atoms with van der Waals surface area (Å²) in [5, 5.41) is 3.88. The summed E-state index contributed by atoms with van der Waals surface area (Å²) >= 11 is 2.74. The molecule has 3 heteroatoms. The zero-order chi connectivity index (χ0) is 21.5. The molecule has 31 heavy (non-hydrogen) atoms. The van der Waals surface area contributed by atoms with Crippen molar-refractivity contribution in [2.24, 2.45) is 40.9 Å². The van der Waals surface area contributed by atoms with Gasteiger partial charge >= 0.3 is 0 Å². The Balaban J connectivity index is 1.27. The van der Waals surface area contributed by atoms with E-state index in [-0.39, 0.29) is 5.60 Å². The van der Waals surface area contributed by atoms with Crippen molar-refractivity contribution in [3.05, 3.63) is 11.1 Å². The number of rotatable bonds is 0. The third-order valence-corrected chi connectivity index (χ3v) is 12.7. The molecule has 2 nitrogen and oxygen atoms in total. The minimum atomic E-state index is 0.101. The molecule has 4 unspecified atom stereocenters. The van der Waals surface area contributed by atoms with E-state index in [2.05, 4.69) is 55.6 Å². The van der Waals surface area contributed by atoms with Gasteiger partial charge in [-0.15, -0.1) is 0 Å². The summed E-state index contributed by atoms with van der Waals surface area (Å²) < 4.78 is 7.98. The van der Waals surface area contributed by atoms with E-state index in [1.165, 1.54) is 70.8 Å². The van der Waals surface area contributed by atoms with Crippen LogP contribution in [0.15, 0.2) is 11.1 Å². The number of hydrogen-bond donors (Lipinski definition) is 1. The Kier molecular flexibility index (Phi) is 5.44. The molecule has 2 heterocycles. The highest BCUT2D eigenvalue weighted by Gasteiger charge is 2.59. The topological polar surface area (TPSA) is 21.3 Å². The van der Waals surface area contributed by atoms with E-state index in [9.17, 15) is 0 Å². The molecule has 0 aromatic carbocycles. The Labute approximate surface area is 204 Å². The van der Waals surface area contributed by atoms with Crippen molar-refractivity contribution < 1.29 is 4.74 Å². The predicted molar refractivity (Wildman–Crippen MR) is 136 cm³/mol. The molecule has 0 radical (unpaired) electrons. The maximum absolute atomic E-state index is 7.05. The number of hydrogen-bond acceptors (Lipinski definition) is 2. The molecule has 6 rings (SSSR count). The summed E-state index contributed by atoms with van der Waals surface area (Å²) in [6.45, 7) is 11.3. The summed E-state index contributed by atoms with van der Waals surface area (Å²) in [5.74, 6) is 5.18. The van der Waals surface area contributed by atoms with Crippen molar-refractivity contribution in [2.75, 3.05) is 6.54 Å². The van der Waals surface area contributed by atoms with Crippen molar-refractivity contribution in [3.8, 4) is 0 Å². The summed E-state index contributed by atoms with van der Waals surface area (Å²) in [6.07, 6.45) is 14.5. The highest BCUT2D eigenvalue weighted by molar-refractivity contribution is 14.1. The lowest BCUT2D eigenvalue weighted by Crippen LogP contribution is -2.48. The lowest BCUT2D eigenvalue weighted by Gasteiger charge is -2.53. The molecule has 2 saturated heterocycles. The van der Waals surface area contributed by atoms with Gasteiger partial charge in [-0.3, -0.25) is 0 Å². The van der Waals surface area contributed by atoms with Gasteiger partial charge in [0.25, 0.3) is 0 Å². The van der Waals surface area contributed by atoms with Crippen LogP contribution in [0.5, 0.6) is 0 Å². The predicted octanol–water partition coefficient (Wildman–Crippen LogP) is 6.91. The van der Waals surface area contributed by atoms with Crippen LogP contribution in [0.4, 0.5) is 0 Å². The molecule has 6 aliphatic rings.